The number of aryl methyl sites for hydroxylation is 1. The van der Waals surface area contributed by atoms with E-state index in [0.717, 1.165) is 22.8 Å². The van der Waals surface area contributed by atoms with Crippen molar-refractivity contribution < 1.29 is 4.79 Å². The summed E-state index contributed by atoms with van der Waals surface area (Å²) in [6.07, 6.45) is 0.875. The van der Waals surface area contributed by atoms with Gasteiger partial charge in [0.2, 0.25) is 0 Å². The second-order valence-corrected chi connectivity index (χ2v) is 5.26. The molecule has 3 aromatic carbocycles. The molecule has 3 rings (SSSR count). The van der Waals surface area contributed by atoms with Crippen molar-refractivity contribution in [1.29, 1.82) is 0 Å². The van der Waals surface area contributed by atoms with Crippen molar-refractivity contribution >= 4 is 28.7 Å². The third-order valence-corrected chi connectivity index (χ3v) is 3.81. The van der Waals surface area contributed by atoms with Gasteiger partial charge in [-0.3, -0.25) is 4.79 Å². The van der Waals surface area contributed by atoms with Crippen molar-refractivity contribution in [3.63, 3.8) is 0 Å². The predicted molar refractivity (Wildman–Crippen MR) is 84.5 cm³/mol. The monoisotopic (exact) mass is 280 g/mol. The highest BCUT2D eigenvalue weighted by Crippen LogP contribution is 2.33. The summed E-state index contributed by atoms with van der Waals surface area (Å²) in [6, 6.07) is 17.7. The van der Waals surface area contributed by atoms with E-state index in [1.165, 1.54) is 10.9 Å². The van der Waals surface area contributed by atoms with Crippen LogP contribution in [0.5, 0.6) is 0 Å². The molecule has 0 radical (unpaired) electrons. The van der Waals surface area contributed by atoms with E-state index < -0.39 is 0 Å². The highest BCUT2D eigenvalue weighted by atomic mass is 35.5. The molecule has 0 aromatic heterocycles. The van der Waals surface area contributed by atoms with Crippen LogP contribution in [0.15, 0.2) is 54.6 Å². The molecule has 0 aliphatic rings. The van der Waals surface area contributed by atoms with Gasteiger partial charge in [-0.05, 0) is 52.6 Å². The van der Waals surface area contributed by atoms with Crippen LogP contribution in [0.3, 0.4) is 0 Å². The van der Waals surface area contributed by atoms with Gasteiger partial charge in [-0.15, -0.1) is 0 Å². The molecule has 0 aliphatic carbocycles. The van der Waals surface area contributed by atoms with Crippen LogP contribution >= 0.6 is 11.6 Å². The van der Waals surface area contributed by atoms with Gasteiger partial charge in [0.25, 0.3) is 0 Å². The molecule has 20 heavy (non-hydrogen) atoms. The first kappa shape index (κ1) is 12.9. The number of aldehydes is 1. The van der Waals surface area contributed by atoms with Gasteiger partial charge in [0.1, 0.15) is 0 Å². The van der Waals surface area contributed by atoms with E-state index in [1.807, 2.05) is 18.2 Å². The van der Waals surface area contributed by atoms with Crippen LogP contribution in [0.2, 0.25) is 5.02 Å². The average Bonchev–Trinajstić information content (AvgIpc) is 2.48. The van der Waals surface area contributed by atoms with Crippen LogP contribution in [0.25, 0.3) is 21.9 Å². The number of benzene rings is 3. The molecule has 98 valence electrons. The van der Waals surface area contributed by atoms with Gasteiger partial charge < -0.3 is 0 Å². The minimum atomic E-state index is 0.634. The molecule has 0 amide bonds. The van der Waals surface area contributed by atoms with Crippen molar-refractivity contribution in [2.75, 3.05) is 0 Å². The lowest BCUT2D eigenvalue weighted by Crippen LogP contribution is -1.90. The normalized spacial score (nSPS) is 10.7. The summed E-state index contributed by atoms with van der Waals surface area (Å²) in [5, 5.41) is 2.97. The molecule has 0 bridgehead atoms. The van der Waals surface area contributed by atoms with E-state index in [2.05, 4.69) is 31.2 Å². The van der Waals surface area contributed by atoms with E-state index in [-0.39, 0.29) is 0 Å². The zero-order valence-corrected chi connectivity index (χ0v) is 11.8. The van der Waals surface area contributed by atoms with Crippen LogP contribution in [0, 0.1) is 6.92 Å². The molecule has 2 heteroatoms. The fourth-order valence-corrected chi connectivity index (χ4v) is 2.72. The molecular weight excluding hydrogens is 268 g/mol. The molecule has 0 atom stereocenters. The lowest BCUT2D eigenvalue weighted by molar-refractivity contribution is 0.112. The third-order valence-electron chi connectivity index (χ3n) is 3.57. The molecule has 0 fully saturated rings. The highest BCUT2D eigenvalue weighted by Gasteiger charge is 2.10. The van der Waals surface area contributed by atoms with Crippen molar-refractivity contribution in [3.8, 4) is 11.1 Å². The van der Waals surface area contributed by atoms with Crippen molar-refractivity contribution in [1.82, 2.24) is 0 Å². The number of rotatable bonds is 2. The van der Waals surface area contributed by atoms with Gasteiger partial charge >= 0.3 is 0 Å². The molecule has 0 aliphatic heterocycles. The molecule has 0 spiro atoms. The Labute approximate surface area is 122 Å². The molecule has 1 nitrogen and oxygen atoms in total. The Balaban J connectivity index is 2.38. The number of hydrogen-bond acceptors (Lipinski definition) is 1. The Hall–Kier alpha value is -2.12. The summed E-state index contributed by atoms with van der Waals surface area (Å²) in [5.74, 6) is 0. The minimum absolute atomic E-state index is 0.634. The minimum Gasteiger partial charge on any atom is -0.298 e. The van der Waals surface area contributed by atoms with Crippen LogP contribution in [-0.4, -0.2) is 6.29 Å². The van der Waals surface area contributed by atoms with E-state index in [1.54, 1.807) is 12.1 Å². The summed E-state index contributed by atoms with van der Waals surface area (Å²) in [4.78, 5) is 11.3. The first-order chi connectivity index (χ1) is 9.70. The second-order valence-electron chi connectivity index (χ2n) is 4.83. The molecule has 3 aromatic rings. The first-order valence-electron chi connectivity index (χ1n) is 6.44. The SMILES string of the molecule is Cc1ccc(-c2cc(Cl)ccc2C=O)c2ccccc12. The fourth-order valence-electron chi connectivity index (χ4n) is 2.55. The maximum atomic E-state index is 11.3. The van der Waals surface area contributed by atoms with E-state index in [4.69, 9.17) is 11.6 Å². The topological polar surface area (TPSA) is 17.1 Å². The summed E-state index contributed by atoms with van der Waals surface area (Å²) in [5.41, 5.74) is 3.79. The van der Waals surface area contributed by atoms with Gasteiger partial charge in [0.15, 0.2) is 6.29 Å². The standard InChI is InChI=1S/C18H13ClO/c1-12-6-9-17(16-5-3-2-4-15(12)16)18-10-14(19)8-7-13(18)11-20/h2-11H,1H3. The van der Waals surface area contributed by atoms with Crippen LogP contribution < -0.4 is 0 Å². The summed E-state index contributed by atoms with van der Waals surface area (Å²) in [7, 11) is 0. The van der Waals surface area contributed by atoms with Crippen LogP contribution in [-0.2, 0) is 0 Å². The molecular formula is C18H13ClO. The Bertz CT molecular complexity index is 806. The molecule has 0 heterocycles. The summed E-state index contributed by atoms with van der Waals surface area (Å²) >= 11 is 6.09. The molecule has 0 saturated carbocycles. The van der Waals surface area contributed by atoms with E-state index in [0.29, 0.717) is 10.6 Å². The predicted octanol–water partition coefficient (Wildman–Crippen LogP) is 5.28. The third kappa shape index (κ3) is 2.10. The zero-order chi connectivity index (χ0) is 14.1. The lowest BCUT2D eigenvalue weighted by Gasteiger charge is -2.11. The maximum Gasteiger partial charge on any atom is 0.150 e. The number of hydrogen-bond donors (Lipinski definition) is 0. The quantitative estimate of drug-likeness (QED) is 0.584. The highest BCUT2D eigenvalue weighted by molar-refractivity contribution is 6.31. The fraction of sp³-hybridized carbons (Fsp3) is 0.0556. The largest absolute Gasteiger partial charge is 0.298 e. The summed E-state index contributed by atoms with van der Waals surface area (Å²) < 4.78 is 0. The van der Waals surface area contributed by atoms with Gasteiger partial charge in [0.05, 0.1) is 0 Å². The van der Waals surface area contributed by atoms with Gasteiger partial charge in [-0.25, -0.2) is 0 Å². The van der Waals surface area contributed by atoms with Gasteiger partial charge in [0, 0.05) is 10.6 Å². The van der Waals surface area contributed by atoms with Crippen molar-refractivity contribution in [2.24, 2.45) is 0 Å². The smallest absolute Gasteiger partial charge is 0.150 e. The van der Waals surface area contributed by atoms with E-state index >= 15 is 0 Å². The Morgan fingerprint density at radius 3 is 2.40 bits per heavy atom. The van der Waals surface area contributed by atoms with Crippen molar-refractivity contribution in [3.05, 3.63) is 70.7 Å². The maximum absolute atomic E-state index is 11.3. The van der Waals surface area contributed by atoms with Gasteiger partial charge in [-0.1, -0.05) is 48.0 Å². The van der Waals surface area contributed by atoms with Crippen molar-refractivity contribution in [2.45, 2.75) is 6.92 Å². The molecule has 0 N–H and O–H groups in total. The zero-order valence-electron chi connectivity index (χ0n) is 11.1. The van der Waals surface area contributed by atoms with Gasteiger partial charge in [-0.2, -0.15) is 0 Å². The first-order valence-corrected chi connectivity index (χ1v) is 6.82. The molecule has 0 unspecified atom stereocenters. The lowest BCUT2D eigenvalue weighted by atomic mass is 9.93. The number of carbonyl (C=O) groups is 1. The average molecular weight is 281 g/mol. The summed E-state index contributed by atoms with van der Waals surface area (Å²) in [6.45, 7) is 2.09. The number of halogens is 1. The van der Waals surface area contributed by atoms with Crippen LogP contribution in [0.1, 0.15) is 15.9 Å². The number of carbonyl (C=O) groups excluding carboxylic acids is 1. The molecule has 0 saturated heterocycles. The second kappa shape index (κ2) is 5.10. The van der Waals surface area contributed by atoms with Crippen LogP contribution in [0.4, 0.5) is 0 Å². The Kier molecular flexibility index (Phi) is 3.29. The van der Waals surface area contributed by atoms with E-state index in [9.17, 15) is 4.79 Å². The number of fused-ring (bicyclic) bond motifs is 1. The Morgan fingerprint density at radius 2 is 1.65 bits per heavy atom. The Morgan fingerprint density at radius 1 is 0.900 bits per heavy atom.